The Balaban J connectivity index is 1.41. The maximum atomic E-state index is 14.2. The minimum Gasteiger partial charge on any atom is -0.399 e. The van der Waals surface area contributed by atoms with Gasteiger partial charge >= 0.3 is 0 Å². The fourth-order valence-corrected chi connectivity index (χ4v) is 7.30. The van der Waals surface area contributed by atoms with Crippen molar-refractivity contribution in [3.63, 3.8) is 0 Å². The highest BCUT2D eigenvalue weighted by Crippen LogP contribution is 2.25. The molecule has 290 valence electrons. The van der Waals surface area contributed by atoms with Crippen LogP contribution in [0.15, 0.2) is 102 Å². The van der Waals surface area contributed by atoms with Gasteiger partial charge in [-0.3, -0.25) is 23.7 Å². The normalized spacial score (nSPS) is 13.5. The van der Waals surface area contributed by atoms with Crippen LogP contribution >= 0.6 is 11.3 Å². The van der Waals surface area contributed by atoms with Crippen LogP contribution < -0.4 is 36.8 Å². The highest BCUT2D eigenvalue weighted by molar-refractivity contribution is 7.92. The molecule has 5 aromatic rings. The first-order chi connectivity index (χ1) is 26.7. The molecule has 0 aliphatic rings. The number of nitrogens with one attached hydrogen (secondary N) is 4. The maximum Gasteiger partial charge on any atom is 0.251 e. The van der Waals surface area contributed by atoms with Crippen molar-refractivity contribution in [2.75, 3.05) is 22.8 Å². The Kier molecular flexibility index (Phi) is 14.0. The lowest BCUT2D eigenvalue weighted by Gasteiger charge is -2.25. The summed E-state index contributed by atoms with van der Waals surface area (Å²) in [6.45, 7) is 5.52. The largest absolute Gasteiger partial charge is 0.399 e. The third-order valence-electron chi connectivity index (χ3n) is 9.10. The number of carbonyl (C=O) groups is 3. The first-order valence-corrected chi connectivity index (χ1v) is 20.7. The molecule has 0 aliphatic heterocycles. The Morgan fingerprint density at radius 1 is 0.875 bits per heavy atom. The Morgan fingerprint density at radius 2 is 1.54 bits per heavy atom. The molecule has 56 heavy (non-hydrogen) atoms. The van der Waals surface area contributed by atoms with Gasteiger partial charge in [0.2, 0.25) is 15.9 Å². The van der Waals surface area contributed by atoms with Crippen LogP contribution in [0.25, 0.3) is 0 Å². The van der Waals surface area contributed by atoms with Gasteiger partial charge in [0.25, 0.3) is 11.8 Å². The summed E-state index contributed by atoms with van der Waals surface area (Å²) in [6, 6.07) is 20.0. The van der Waals surface area contributed by atoms with Crippen LogP contribution in [-0.4, -0.2) is 68.8 Å². The molecule has 0 spiro atoms. The van der Waals surface area contributed by atoms with Crippen LogP contribution in [0.3, 0.4) is 0 Å². The first kappa shape index (κ1) is 41.6. The first-order valence-electron chi connectivity index (χ1n) is 17.9. The number of amides is 3. The topological polar surface area (TPSA) is 189 Å². The minimum atomic E-state index is -3.92. The van der Waals surface area contributed by atoms with Gasteiger partial charge in [0.1, 0.15) is 7.85 Å². The maximum absolute atomic E-state index is 14.2. The molecular weight excluding hydrogens is 747 g/mol. The quantitative estimate of drug-likeness (QED) is 0.0693. The summed E-state index contributed by atoms with van der Waals surface area (Å²) in [5, 5.41) is 14.1. The minimum absolute atomic E-state index is 0.0547. The Hall–Kier alpha value is -5.58. The van der Waals surface area contributed by atoms with E-state index in [-0.39, 0.29) is 41.9 Å². The molecule has 0 saturated heterocycles. The zero-order valence-electron chi connectivity index (χ0n) is 31.6. The molecule has 0 fully saturated rings. The molecule has 0 bridgehead atoms. The number of hydrogen-bond acceptors (Lipinski definition) is 10. The van der Waals surface area contributed by atoms with Gasteiger partial charge < -0.3 is 27.0 Å². The van der Waals surface area contributed by atoms with Crippen molar-refractivity contribution in [3.05, 3.63) is 136 Å². The number of sulfonamides is 1. The second-order valence-corrected chi connectivity index (χ2v) is 16.3. The smallest absolute Gasteiger partial charge is 0.251 e. The van der Waals surface area contributed by atoms with Gasteiger partial charge in [0.15, 0.2) is 0 Å². The van der Waals surface area contributed by atoms with Gasteiger partial charge in [-0.2, -0.15) is 0 Å². The van der Waals surface area contributed by atoms with Crippen LogP contribution in [0.2, 0.25) is 0 Å². The molecular formula is C40H45BN8O5S2. The fraction of sp³-hybridized carbons (Fsp3) is 0.275. The summed E-state index contributed by atoms with van der Waals surface area (Å²) in [5.41, 5.74) is 11.9. The number of rotatable bonds is 17. The Bertz CT molecular complexity index is 2210. The lowest BCUT2D eigenvalue weighted by atomic mass is 9.95. The molecule has 4 atom stereocenters. The third kappa shape index (κ3) is 11.7. The average molecular weight is 793 g/mol. The van der Waals surface area contributed by atoms with Crippen molar-refractivity contribution < 1.29 is 22.8 Å². The molecule has 3 aromatic carbocycles. The average Bonchev–Trinajstić information content (AvgIpc) is 3.69. The van der Waals surface area contributed by atoms with E-state index in [9.17, 15) is 22.8 Å². The van der Waals surface area contributed by atoms with Crippen molar-refractivity contribution in [1.29, 1.82) is 0 Å². The van der Waals surface area contributed by atoms with Crippen molar-refractivity contribution in [3.8, 4) is 0 Å². The summed E-state index contributed by atoms with van der Waals surface area (Å²) < 4.78 is 27.7. The Labute approximate surface area is 333 Å². The van der Waals surface area contributed by atoms with E-state index in [1.165, 1.54) is 29.5 Å². The number of nitrogen functional groups attached to an aromatic ring is 1. The van der Waals surface area contributed by atoms with E-state index in [0.29, 0.717) is 23.1 Å². The van der Waals surface area contributed by atoms with Crippen molar-refractivity contribution in [2.45, 2.75) is 57.9 Å². The molecule has 1 unspecified atom stereocenters. The third-order valence-corrected chi connectivity index (χ3v) is 10.9. The number of thiazole rings is 1. The zero-order chi connectivity index (χ0) is 40.4. The number of nitrogens with two attached hydrogens (primary N) is 1. The lowest BCUT2D eigenvalue weighted by molar-refractivity contribution is -0.123. The van der Waals surface area contributed by atoms with Crippen molar-refractivity contribution >= 4 is 63.8 Å². The fourth-order valence-electron chi connectivity index (χ4n) is 5.85. The number of carbonyl (C=O) groups excluding carboxylic acids is 3. The predicted molar refractivity (Wildman–Crippen MR) is 221 cm³/mol. The summed E-state index contributed by atoms with van der Waals surface area (Å²) >= 11 is 1.41. The summed E-state index contributed by atoms with van der Waals surface area (Å²) in [6.07, 6.45) is 4.66. The zero-order valence-corrected chi connectivity index (χ0v) is 33.2. The van der Waals surface area contributed by atoms with Crippen LogP contribution in [0.4, 0.5) is 11.4 Å². The molecule has 6 N–H and O–H groups in total. The molecule has 16 heteroatoms. The van der Waals surface area contributed by atoms with Crippen LogP contribution in [0.1, 0.15) is 76.0 Å². The van der Waals surface area contributed by atoms with Gasteiger partial charge in [-0.15, -0.1) is 11.3 Å². The van der Waals surface area contributed by atoms with Gasteiger partial charge in [0, 0.05) is 53.6 Å². The number of pyridine rings is 1. The number of anilines is 2. The summed E-state index contributed by atoms with van der Waals surface area (Å²) in [4.78, 5) is 49.6. The van der Waals surface area contributed by atoms with Crippen molar-refractivity contribution in [2.24, 2.45) is 0 Å². The number of nitrogens with zero attached hydrogens (tertiary/aromatic N) is 3. The molecule has 5 rings (SSSR count). The van der Waals surface area contributed by atoms with E-state index in [0.717, 1.165) is 27.4 Å². The van der Waals surface area contributed by atoms with Gasteiger partial charge in [-0.25, -0.2) is 13.4 Å². The van der Waals surface area contributed by atoms with Gasteiger partial charge in [0.05, 0.1) is 47.8 Å². The lowest BCUT2D eigenvalue weighted by Crippen LogP contribution is -2.50. The molecule has 13 nitrogen and oxygen atoms in total. The Morgan fingerprint density at radius 3 is 2.14 bits per heavy atom. The van der Waals surface area contributed by atoms with Crippen LogP contribution in [-0.2, 0) is 27.8 Å². The van der Waals surface area contributed by atoms with E-state index >= 15 is 0 Å². The van der Waals surface area contributed by atoms with Gasteiger partial charge in [-0.1, -0.05) is 47.9 Å². The molecule has 2 radical (unpaired) electrons. The van der Waals surface area contributed by atoms with Crippen LogP contribution in [0, 0.1) is 0 Å². The van der Waals surface area contributed by atoms with E-state index in [1.807, 2.05) is 30.5 Å². The van der Waals surface area contributed by atoms with E-state index in [1.54, 1.807) is 74.2 Å². The molecule has 2 heterocycles. The monoisotopic (exact) mass is 792 g/mol. The molecule has 2 aromatic heterocycles. The molecule has 3 amide bonds. The second-order valence-electron chi connectivity index (χ2n) is 13.6. The van der Waals surface area contributed by atoms with Gasteiger partial charge in [-0.05, 0) is 73.9 Å². The van der Waals surface area contributed by atoms with E-state index < -0.39 is 40.0 Å². The van der Waals surface area contributed by atoms with Crippen molar-refractivity contribution in [1.82, 2.24) is 31.2 Å². The van der Waals surface area contributed by atoms with E-state index in [4.69, 9.17) is 13.6 Å². The SMILES string of the molecule is [B]c1ccc(CN(c2cc(C(=O)NC(C)c3cccnc3)cc(C(=O)N[C@H](CN[C@@H](C)C(=O)N[C@H](C)c3ccc(N)cc3)Cc3cscn3)c2)S(C)(=O)=O)cc1. The highest BCUT2D eigenvalue weighted by Gasteiger charge is 2.25. The molecule has 0 saturated carbocycles. The van der Waals surface area contributed by atoms with Crippen LogP contribution in [0.5, 0.6) is 0 Å². The number of aromatic nitrogens is 2. The summed E-state index contributed by atoms with van der Waals surface area (Å²) in [5.74, 6) is -1.32. The number of benzene rings is 3. The second kappa shape index (κ2) is 18.8. The predicted octanol–water partition coefficient (Wildman–Crippen LogP) is 3.57. The standard InChI is InChI=1S/C40H45BN8O5S2/c1-25(29-9-13-34(42)14-10-29)46-38(50)27(3)44-21-35(19-36-23-55-24-45-36)48-40(52)32-16-31(39(51)47-26(2)30-6-5-15-43-20-30)17-37(18-32)49(56(4,53)54)22-28-7-11-33(41)12-8-28/h5-18,20,23-27,35,44H,19,21-22,42H2,1-4H3,(H,46,50)(H,47,51)(H,48,52)/t25-,26?,27+,35+/m1/s1. The van der Waals surface area contributed by atoms with E-state index in [2.05, 4.69) is 31.2 Å². The highest BCUT2D eigenvalue weighted by atomic mass is 32.2. The summed E-state index contributed by atoms with van der Waals surface area (Å²) in [7, 11) is 1.95. The number of hydrogen-bond donors (Lipinski definition) is 5. The molecule has 0 aliphatic carbocycles.